The number of hydrogen-bond acceptors (Lipinski definition) is 4. The molecule has 0 bridgehead atoms. The van der Waals surface area contributed by atoms with Gasteiger partial charge in [-0.05, 0) is 68.0 Å². The summed E-state index contributed by atoms with van der Waals surface area (Å²) in [6.07, 6.45) is 4.67. The predicted molar refractivity (Wildman–Crippen MR) is 137 cm³/mol. The molecule has 35 heavy (non-hydrogen) atoms. The average molecular weight is 475 g/mol. The van der Waals surface area contributed by atoms with Gasteiger partial charge in [0.1, 0.15) is 5.75 Å². The fourth-order valence-corrected chi connectivity index (χ4v) is 4.46. The molecule has 1 fully saturated rings. The number of nitrogens with zero attached hydrogens (tertiary/aromatic N) is 2. The molecule has 1 saturated carbocycles. The molecule has 0 saturated heterocycles. The van der Waals surface area contributed by atoms with Crippen molar-refractivity contribution in [1.29, 1.82) is 0 Å². The van der Waals surface area contributed by atoms with E-state index in [0.717, 1.165) is 48.9 Å². The molecule has 1 aliphatic rings. The summed E-state index contributed by atoms with van der Waals surface area (Å²) in [4.78, 5) is 25.7. The Morgan fingerprint density at radius 1 is 1.11 bits per heavy atom. The van der Waals surface area contributed by atoms with Crippen molar-refractivity contribution in [3.8, 4) is 17.0 Å². The third-order valence-electron chi connectivity index (χ3n) is 7.04. The van der Waals surface area contributed by atoms with Crippen LogP contribution in [0.5, 0.6) is 5.75 Å². The highest BCUT2D eigenvalue weighted by atomic mass is 16.3. The number of anilines is 1. The van der Waals surface area contributed by atoms with Crippen molar-refractivity contribution in [2.45, 2.75) is 65.3 Å². The summed E-state index contributed by atoms with van der Waals surface area (Å²) in [6.45, 7) is 6.42. The summed E-state index contributed by atoms with van der Waals surface area (Å²) in [6, 6.07) is 14.5. The van der Waals surface area contributed by atoms with Crippen LogP contribution in [0, 0.1) is 12.8 Å². The number of benzene rings is 2. The van der Waals surface area contributed by atoms with Crippen LogP contribution in [0.25, 0.3) is 11.3 Å². The summed E-state index contributed by atoms with van der Waals surface area (Å²) in [5, 5.41) is 21.1. The molecule has 3 N–H and O–H groups in total. The summed E-state index contributed by atoms with van der Waals surface area (Å²) in [5.74, 6) is 0.215. The standard InChI is InChI=1S/C28H34N4O3/c1-4-19(5-2)27(34)30-22-13-14-26(33)23(15-22)24-16-25(20-11-8-12-20)32(31-24)28(35)29-17-21-10-7-6-9-18(21)3/h6-7,9-10,13-16,19-20,33H,4-5,8,11-12,17H2,1-3H3,(H,29,35)(H,30,34). The molecule has 7 nitrogen and oxygen atoms in total. The lowest BCUT2D eigenvalue weighted by atomic mass is 9.82. The van der Waals surface area contributed by atoms with Gasteiger partial charge in [-0.15, -0.1) is 0 Å². The molecule has 0 unspecified atom stereocenters. The summed E-state index contributed by atoms with van der Waals surface area (Å²) < 4.78 is 1.44. The molecule has 184 valence electrons. The maximum Gasteiger partial charge on any atom is 0.342 e. The van der Waals surface area contributed by atoms with Gasteiger partial charge in [0, 0.05) is 29.6 Å². The van der Waals surface area contributed by atoms with Crippen molar-refractivity contribution in [2.75, 3.05) is 5.32 Å². The van der Waals surface area contributed by atoms with Crippen LogP contribution in [0.4, 0.5) is 10.5 Å². The van der Waals surface area contributed by atoms with Gasteiger partial charge < -0.3 is 15.7 Å². The molecule has 0 radical (unpaired) electrons. The van der Waals surface area contributed by atoms with Crippen LogP contribution in [0.3, 0.4) is 0 Å². The second kappa shape index (κ2) is 10.8. The molecule has 1 aliphatic carbocycles. The van der Waals surface area contributed by atoms with Gasteiger partial charge >= 0.3 is 6.03 Å². The summed E-state index contributed by atoms with van der Waals surface area (Å²) in [7, 11) is 0. The number of phenolic OH excluding ortho intramolecular Hbond substituents is 1. The number of nitrogens with one attached hydrogen (secondary N) is 2. The van der Waals surface area contributed by atoms with Gasteiger partial charge in [-0.1, -0.05) is 44.5 Å². The highest BCUT2D eigenvalue weighted by Crippen LogP contribution is 2.39. The van der Waals surface area contributed by atoms with E-state index in [0.29, 0.717) is 23.5 Å². The zero-order valence-corrected chi connectivity index (χ0v) is 20.7. The van der Waals surface area contributed by atoms with E-state index in [1.54, 1.807) is 18.2 Å². The normalized spacial score (nSPS) is 13.5. The summed E-state index contributed by atoms with van der Waals surface area (Å²) >= 11 is 0. The van der Waals surface area contributed by atoms with Gasteiger partial charge in [-0.2, -0.15) is 9.78 Å². The Morgan fingerprint density at radius 3 is 2.51 bits per heavy atom. The first-order valence-electron chi connectivity index (χ1n) is 12.5. The van der Waals surface area contributed by atoms with E-state index in [4.69, 9.17) is 0 Å². The molecular weight excluding hydrogens is 440 g/mol. The zero-order chi connectivity index (χ0) is 24.9. The molecule has 0 atom stereocenters. The average Bonchev–Trinajstić information content (AvgIpc) is 3.23. The second-order valence-corrected chi connectivity index (χ2v) is 9.31. The molecule has 0 spiro atoms. The molecule has 7 heteroatoms. The lowest BCUT2D eigenvalue weighted by molar-refractivity contribution is -0.120. The van der Waals surface area contributed by atoms with Crippen LogP contribution in [0.1, 0.15) is 68.7 Å². The number of carbonyl (C=O) groups excluding carboxylic acids is 2. The molecule has 2 amide bonds. The van der Waals surface area contributed by atoms with E-state index < -0.39 is 0 Å². The van der Waals surface area contributed by atoms with E-state index in [1.165, 1.54) is 4.68 Å². The first-order valence-corrected chi connectivity index (χ1v) is 12.5. The fraction of sp³-hybridized carbons (Fsp3) is 0.393. The van der Waals surface area contributed by atoms with Gasteiger partial charge in [-0.3, -0.25) is 4.79 Å². The van der Waals surface area contributed by atoms with E-state index >= 15 is 0 Å². The fourth-order valence-electron chi connectivity index (χ4n) is 4.46. The smallest absolute Gasteiger partial charge is 0.342 e. The van der Waals surface area contributed by atoms with Crippen molar-refractivity contribution >= 4 is 17.6 Å². The van der Waals surface area contributed by atoms with Crippen molar-refractivity contribution in [2.24, 2.45) is 5.92 Å². The summed E-state index contributed by atoms with van der Waals surface area (Å²) in [5.41, 5.74) is 4.60. The number of phenols is 1. The van der Waals surface area contributed by atoms with Crippen LogP contribution in [0.2, 0.25) is 0 Å². The van der Waals surface area contributed by atoms with Crippen molar-refractivity contribution in [3.63, 3.8) is 0 Å². The minimum atomic E-state index is -0.293. The number of amides is 2. The van der Waals surface area contributed by atoms with E-state index in [-0.39, 0.29) is 29.5 Å². The number of carbonyl (C=O) groups is 2. The maximum atomic E-state index is 13.1. The Hall–Kier alpha value is -3.61. The van der Waals surface area contributed by atoms with E-state index in [9.17, 15) is 14.7 Å². The number of aryl methyl sites for hydroxylation is 1. The van der Waals surface area contributed by atoms with Crippen molar-refractivity contribution < 1.29 is 14.7 Å². The Kier molecular flexibility index (Phi) is 7.54. The Labute approximate surface area is 206 Å². The van der Waals surface area contributed by atoms with Crippen molar-refractivity contribution in [1.82, 2.24) is 15.1 Å². The van der Waals surface area contributed by atoms with Crippen LogP contribution >= 0.6 is 0 Å². The van der Waals surface area contributed by atoms with Gasteiger partial charge in [0.05, 0.1) is 11.4 Å². The molecule has 2 aromatic carbocycles. The molecule has 3 aromatic rings. The first-order chi connectivity index (χ1) is 16.9. The third-order valence-corrected chi connectivity index (χ3v) is 7.04. The maximum absolute atomic E-state index is 13.1. The lowest BCUT2D eigenvalue weighted by Gasteiger charge is -2.25. The topological polar surface area (TPSA) is 96.2 Å². The van der Waals surface area contributed by atoms with Gasteiger partial charge in [0.15, 0.2) is 0 Å². The van der Waals surface area contributed by atoms with Gasteiger partial charge in [-0.25, -0.2) is 4.79 Å². The number of hydrogen-bond donors (Lipinski definition) is 3. The molecular formula is C28H34N4O3. The second-order valence-electron chi connectivity index (χ2n) is 9.31. The van der Waals surface area contributed by atoms with Crippen LogP contribution in [0.15, 0.2) is 48.5 Å². The largest absolute Gasteiger partial charge is 0.507 e. The zero-order valence-electron chi connectivity index (χ0n) is 20.7. The van der Waals surface area contributed by atoms with Crippen molar-refractivity contribution in [3.05, 3.63) is 65.4 Å². The Morgan fingerprint density at radius 2 is 1.86 bits per heavy atom. The number of aromatic nitrogens is 2. The lowest BCUT2D eigenvalue weighted by Crippen LogP contribution is -2.31. The van der Waals surface area contributed by atoms with Gasteiger partial charge in [0.25, 0.3) is 0 Å². The third kappa shape index (κ3) is 5.39. The molecule has 0 aliphatic heterocycles. The minimum absolute atomic E-state index is 0.0390. The monoisotopic (exact) mass is 474 g/mol. The quantitative estimate of drug-likeness (QED) is 0.351. The number of rotatable bonds is 8. The van der Waals surface area contributed by atoms with E-state index in [2.05, 4.69) is 15.7 Å². The number of aromatic hydroxyl groups is 1. The van der Waals surface area contributed by atoms with Crippen LogP contribution < -0.4 is 10.6 Å². The Bertz CT molecular complexity index is 1210. The molecule has 1 aromatic heterocycles. The van der Waals surface area contributed by atoms with E-state index in [1.807, 2.05) is 51.1 Å². The van der Waals surface area contributed by atoms with Crippen LogP contribution in [-0.2, 0) is 11.3 Å². The predicted octanol–water partition coefficient (Wildman–Crippen LogP) is 5.96. The first kappa shape index (κ1) is 24.5. The molecule has 4 rings (SSSR count). The molecule has 1 heterocycles. The highest BCUT2D eigenvalue weighted by Gasteiger charge is 2.28. The SMILES string of the molecule is CCC(CC)C(=O)Nc1ccc(O)c(-c2cc(C3CCC3)n(C(=O)NCc3ccccc3C)n2)c1. The van der Waals surface area contributed by atoms with Crippen LogP contribution in [-0.4, -0.2) is 26.8 Å². The minimum Gasteiger partial charge on any atom is -0.507 e. The Balaban J connectivity index is 1.60. The highest BCUT2D eigenvalue weighted by molar-refractivity contribution is 5.93. The van der Waals surface area contributed by atoms with Gasteiger partial charge in [0.2, 0.25) is 5.91 Å².